The zero-order chi connectivity index (χ0) is 10.3. The summed E-state index contributed by atoms with van der Waals surface area (Å²) in [6, 6.07) is 10.6. The molecule has 3 rings (SSSR count). The van der Waals surface area contributed by atoms with Gasteiger partial charge in [-0.1, -0.05) is 18.2 Å². The molecule has 2 aromatic rings. The Hall–Kier alpha value is -1.16. The van der Waals surface area contributed by atoms with Crippen LogP contribution in [-0.4, -0.2) is 10.5 Å². The predicted molar refractivity (Wildman–Crippen MR) is 72.5 cm³/mol. The van der Waals surface area contributed by atoms with Crippen LogP contribution in [0, 0.1) is 0 Å². The summed E-state index contributed by atoms with van der Waals surface area (Å²) in [5.41, 5.74) is 9.59. The summed E-state index contributed by atoms with van der Waals surface area (Å²) in [6.07, 6.45) is 3.38. The van der Waals surface area contributed by atoms with Gasteiger partial charge in [-0.25, -0.2) is 0 Å². The minimum atomic E-state index is 0. The van der Waals surface area contributed by atoms with Gasteiger partial charge in [-0.3, -0.25) is 4.98 Å². The quantitative estimate of drug-likeness (QED) is 0.781. The van der Waals surface area contributed by atoms with E-state index in [1.807, 2.05) is 6.07 Å². The number of aryl methyl sites for hydroxylation is 1. The summed E-state index contributed by atoms with van der Waals surface area (Å²) >= 11 is 0. The van der Waals surface area contributed by atoms with E-state index < -0.39 is 0 Å². The number of benzene rings is 1. The van der Waals surface area contributed by atoms with Crippen LogP contribution in [0.4, 0.5) is 0 Å². The highest BCUT2D eigenvalue weighted by atomic mass is 35.5. The van der Waals surface area contributed by atoms with Crippen LogP contribution < -0.4 is 5.73 Å². The number of fused-ring (bicyclic) bond motifs is 2. The van der Waals surface area contributed by atoms with E-state index in [1.165, 1.54) is 17.4 Å². The van der Waals surface area contributed by atoms with Crippen molar-refractivity contribution in [3.63, 3.8) is 0 Å². The van der Waals surface area contributed by atoms with Crippen molar-refractivity contribution in [3.8, 4) is 0 Å². The van der Waals surface area contributed by atoms with E-state index in [9.17, 15) is 0 Å². The molecule has 1 atom stereocenters. The Kier molecular flexibility index (Phi) is 4.46. The molecule has 1 unspecified atom stereocenters. The van der Waals surface area contributed by atoms with Gasteiger partial charge in [0.25, 0.3) is 0 Å². The van der Waals surface area contributed by atoms with Crippen molar-refractivity contribution in [2.24, 2.45) is 5.73 Å². The lowest BCUT2D eigenvalue weighted by Gasteiger charge is -2.21. The average molecular weight is 253 g/mol. The maximum absolute atomic E-state index is 6.07. The molecule has 1 aliphatic rings. The molecule has 0 saturated carbocycles. The molecule has 4 heteroatoms. The molecule has 0 bridgehead atoms. The Morgan fingerprint density at radius 3 is 2.82 bits per heavy atom. The normalized spacial score (nSPS) is 17.8. The van der Waals surface area contributed by atoms with Crippen LogP contribution in [-0.2, 0) is 6.42 Å². The van der Waals surface area contributed by atoms with Gasteiger partial charge in [-0.2, -0.15) is 0 Å². The number of hydrogen-bond acceptors (Lipinski definition) is 2. The van der Waals surface area contributed by atoms with Crippen molar-refractivity contribution >= 4 is 23.3 Å². The second-order valence-corrected chi connectivity index (χ2v) is 4.22. The van der Waals surface area contributed by atoms with Crippen molar-refractivity contribution in [1.82, 2.24) is 4.98 Å². The second-order valence-electron chi connectivity index (χ2n) is 4.22. The van der Waals surface area contributed by atoms with Crippen LogP contribution in [0.2, 0.25) is 0 Å². The number of nitrogens with two attached hydrogens (primary N) is 1. The largest absolute Gasteiger partial charge is 0.412 e. The summed E-state index contributed by atoms with van der Waals surface area (Å²) in [6.45, 7) is 0. The first-order valence-corrected chi connectivity index (χ1v) is 5.49. The summed E-state index contributed by atoms with van der Waals surface area (Å²) in [4.78, 5) is 4.67. The standard InChI is InChI=1S/C13H14N2.ClH.H2O/c14-11-6-3-5-10-8-9-4-1-2-7-12(9)15-13(10)11;;/h1-2,4,7-8,11H,3,5-6,14H2;1H;1H2. The number of aromatic nitrogens is 1. The zero-order valence-electron chi connectivity index (χ0n) is 9.52. The van der Waals surface area contributed by atoms with Gasteiger partial charge in [0.05, 0.1) is 11.2 Å². The van der Waals surface area contributed by atoms with Gasteiger partial charge in [0.1, 0.15) is 0 Å². The van der Waals surface area contributed by atoms with Crippen molar-refractivity contribution in [2.75, 3.05) is 0 Å². The molecule has 0 amide bonds. The molecule has 3 nitrogen and oxygen atoms in total. The molecule has 0 radical (unpaired) electrons. The fraction of sp³-hybridized carbons (Fsp3) is 0.308. The Morgan fingerprint density at radius 1 is 1.24 bits per heavy atom. The fourth-order valence-corrected chi connectivity index (χ4v) is 2.35. The molecule has 0 aliphatic heterocycles. The highest BCUT2D eigenvalue weighted by Crippen LogP contribution is 2.28. The number of pyridine rings is 1. The summed E-state index contributed by atoms with van der Waals surface area (Å²) in [7, 11) is 0. The van der Waals surface area contributed by atoms with E-state index >= 15 is 0 Å². The predicted octanol–water partition coefficient (Wildman–Crippen LogP) is 2.17. The first-order chi connectivity index (χ1) is 7.34. The minimum Gasteiger partial charge on any atom is -0.412 e. The maximum atomic E-state index is 6.07. The van der Waals surface area contributed by atoms with E-state index in [4.69, 9.17) is 5.73 Å². The van der Waals surface area contributed by atoms with Gasteiger partial charge in [0.2, 0.25) is 0 Å². The van der Waals surface area contributed by atoms with Gasteiger partial charge in [0, 0.05) is 11.4 Å². The van der Waals surface area contributed by atoms with Gasteiger partial charge < -0.3 is 11.2 Å². The molecule has 1 aromatic heterocycles. The SMILES string of the molecule is Cl.NC1CCCc2cc3ccccc3nc21.O. The topological polar surface area (TPSA) is 70.4 Å². The number of rotatable bonds is 0. The molecule has 0 saturated heterocycles. The monoisotopic (exact) mass is 252 g/mol. The lowest BCUT2D eigenvalue weighted by Crippen LogP contribution is -2.19. The van der Waals surface area contributed by atoms with E-state index in [0.29, 0.717) is 0 Å². The number of hydrogen-bond donors (Lipinski definition) is 1. The Morgan fingerprint density at radius 2 is 2.00 bits per heavy atom. The third kappa shape index (κ3) is 2.41. The molecule has 4 N–H and O–H groups in total. The van der Waals surface area contributed by atoms with Crippen molar-refractivity contribution in [3.05, 3.63) is 41.6 Å². The lowest BCUT2D eigenvalue weighted by atomic mass is 9.91. The number of halogens is 1. The first kappa shape index (κ1) is 13.9. The molecule has 0 spiro atoms. The van der Waals surface area contributed by atoms with Crippen LogP contribution in [0.25, 0.3) is 10.9 Å². The van der Waals surface area contributed by atoms with Gasteiger partial charge in [0.15, 0.2) is 0 Å². The third-order valence-electron chi connectivity index (χ3n) is 3.15. The Bertz CT molecular complexity index is 516. The molecular weight excluding hydrogens is 236 g/mol. The maximum Gasteiger partial charge on any atom is 0.0706 e. The van der Waals surface area contributed by atoms with Gasteiger partial charge >= 0.3 is 0 Å². The second kappa shape index (κ2) is 5.45. The molecule has 1 heterocycles. The molecule has 1 aromatic carbocycles. The molecule has 17 heavy (non-hydrogen) atoms. The van der Waals surface area contributed by atoms with Crippen LogP contribution in [0.15, 0.2) is 30.3 Å². The lowest BCUT2D eigenvalue weighted by molar-refractivity contribution is 0.556. The van der Waals surface area contributed by atoms with E-state index in [-0.39, 0.29) is 23.9 Å². The highest BCUT2D eigenvalue weighted by Gasteiger charge is 2.18. The third-order valence-corrected chi connectivity index (χ3v) is 3.15. The summed E-state index contributed by atoms with van der Waals surface area (Å²) < 4.78 is 0. The molecule has 0 fully saturated rings. The fourth-order valence-electron chi connectivity index (χ4n) is 2.35. The van der Waals surface area contributed by atoms with E-state index in [2.05, 4.69) is 29.2 Å². The van der Waals surface area contributed by atoms with E-state index in [1.54, 1.807) is 0 Å². The van der Waals surface area contributed by atoms with Gasteiger partial charge in [-0.15, -0.1) is 12.4 Å². The van der Waals surface area contributed by atoms with Crippen molar-refractivity contribution < 1.29 is 5.48 Å². The average Bonchev–Trinajstić information content (AvgIpc) is 2.27. The molecule has 1 aliphatic carbocycles. The van der Waals surface area contributed by atoms with Gasteiger partial charge in [-0.05, 0) is 37.0 Å². The summed E-state index contributed by atoms with van der Waals surface area (Å²) in [5.74, 6) is 0. The van der Waals surface area contributed by atoms with E-state index in [0.717, 1.165) is 24.1 Å². The summed E-state index contributed by atoms with van der Waals surface area (Å²) in [5, 5.41) is 1.23. The van der Waals surface area contributed by atoms with Crippen molar-refractivity contribution in [1.29, 1.82) is 0 Å². The zero-order valence-corrected chi connectivity index (χ0v) is 10.3. The van der Waals surface area contributed by atoms with Crippen molar-refractivity contribution in [2.45, 2.75) is 25.3 Å². The highest BCUT2D eigenvalue weighted by molar-refractivity contribution is 5.85. The van der Waals surface area contributed by atoms with Crippen LogP contribution in [0.1, 0.15) is 30.1 Å². The number of para-hydroxylation sites is 1. The Labute approximate surface area is 107 Å². The number of nitrogens with zero attached hydrogens (tertiary/aromatic N) is 1. The van der Waals surface area contributed by atoms with Crippen LogP contribution in [0.5, 0.6) is 0 Å². The van der Waals surface area contributed by atoms with Crippen LogP contribution in [0.3, 0.4) is 0 Å². The Balaban J connectivity index is 0.000000722. The molecule has 92 valence electrons. The smallest absolute Gasteiger partial charge is 0.0706 e. The molecular formula is C13H17ClN2O. The first-order valence-electron chi connectivity index (χ1n) is 5.49. The minimum absolute atomic E-state index is 0. The van der Waals surface area contributed by atoms with Crippen LogP contribution >= 0.6 is 12.4 Å².